The Bertz CT molecular complexity index is 1200. The Hall–Kier alpha value is -3.96. The van der Waals surface area contributed by atoms with Crippen molar-refractivity contribution in [3.05, 3.63) is 100 Å². The van der Waals surface area contributed by atoms with Crippen molar-refractivity contribution in [3.8, 4) is 6.07 Å². The minimum atomic E-state index is -0.475. The van der Waals surface area contributed by atoms with Crippen molar-refractivity contribution in [2.75, 3.05) is 18.4 Å². The van der Waals surface area contributed by atoms with E-state index in [4.69, 9.17) is 5.26 Å². The number of rotatable bonds is 9. The first kappa shape index (κ1) is 24.7. The van der Waals surface area contributed by atoms with Crippen LogP contribution in [0.3, 0.4) is 0 Å². The largest absolute Gasteiger partial charge is 0.332 e. The quantitative estimate of drug-likeness (QED) is 0.425. The van der Waals surface area contributed by atoms with E-state index in [1.807, 2.05) is 24.4 Å². The lowest BCUT2D eigenvalue weighted by molar-refractivity contribution is -0.132. The fraction of sp³-hybridized carbons (Fsp3) is 0.192. The van der Waals surface area contributed by atoms with E-state index in [2.05, 4.69) is 11.9 Å². The number of aryl methyl sites for hydroxylation is 1. The van der Waals surface area contributed by atoms with E-state index in [9.17, 15) is 14.0 Å². The van der Waals surface area contributed by atoms with E-state index in [1.165, 1.54) is 17.0 Å². The maximum Gasteiger partial charge on any atom is 0.322 e. The summed E-state index contributed by atoms with van der Waals surface area (Å²) in [6, 6.07) is 16.1. The number of nitrogens with one attached hydrogen (secondary N) is 1. The molecule has 1 aromatic heterocycles. The summed E-state index contributed by atoms with van der Waals surface area (Å²) in [6.07, 6.45) is 1.55. The van der Waals surface area contributed by atoms with Crippen LogP contribution in [0.1, 0.15) is 21.6 Å². The van der Waals surface area contributed by atoms with Crippen LogP contribution in [-0.2, 0) is 17.9 Å². The molecule has 3 amide bonds. The third kappa shape index (κ3) is 6.77. The Kier molecular flexibility index (Phi) is 8.54. The number of hydrogen-bond acceptors (Lipinski definition) is 4. The number of carbonyl (C=O) groups is 2. The maximum absolute atomic E-state index is 13.4. The van der Waals surface area contributed by atoms with Gasteiger partial charge < -0.3 is 15.1 Å². The second-order valence-electron chi connectivity index (χ2n) is 7.70. The van der Waals surface area contributed by atoms with Crippen molar-refractivity contribution in [3.63, 3.8) is 0 Å². The highest BCUT2D eigenvalue weighted by atomic mass is 32.1. The van der Waals surface area contributed by atoms with Gasteiger partial charge >= 0.3 is 6.03 Å². The molecule has 0 fully saturated rings. The lowest BCUT2D eigenvalue weighted by atomic mass is 10.2. The Morgan fingerprint density at radius 2 is 1.91 bits per heavy atom. The summed E-state index contributed by atoms with van der Waals surface area (Å²) in [7, 11) is 0. The second-order valence-corrected chi connectivity index (χ2v) is 8.70. The zero-order valence-corrected chi connectivity index (χ0v) is 19.6. The van der Waals surface area contributed by atoms with Crippen molar-refractivity contribution >= 4 is 29.0 Å². The fourth-order valence-corrected chi connectivity index (χ4v) is 4.21. The fourth-order valence-electron chi connectivity index (χ4n) is 3.29. The molecule has 174 valence electrons. The van der Waals surface area contributed by atoms with Gasteiger partial charge in [-0.1, -0.05) is 24.3 Å². The van der Waals surface area contributed by atoms with Gasteiger partial charge in [0.15, 0.2) is 0 Å². The monoisotopic (exact) mass is 476 g/mol. The first-order valence-corrected chi connectivity index (χ1v) is 11.5. The summed E-state index contributed by atoms with van der Waals surface area (Å²) in [6.45, 7) is 6.34. The van der Waals surface area contributed by atoms with Crippen LogP contribution in [0.25, 0.3) is 0 Å². The predicted octanol–water partition coefficient (Wildman–Crippen LogP) is 5.32. The number of amides is 3. The van der Waals surface area contributed by atoms with Gasteiger partial charge in [-0.3, -0.25) is 4.79 Å². The number of hydrogen-bond donors (Lipinski definition) is 1. The van der Waals surface area contributed by atoms with E-state index >= 15 is 0 Å². The van der Waals surface area contributed by atoms with Gasteiger partial charge in [0, 0.05) is 23.7 Å². The zero-order valence-electron chi connectivity index (χ0n) is 18.8. The number of carbonyl (C=O) groups excluding carboxylic acids is 2. The molecule has 0 aliphatic rings. The van der Waals surface area contributed by atoms with Crippen molar-refractivity contribution in [1.29, 1.82) is 5.26 Å². The number of nitrogens with zero attached hydrogens (tertiary/aromatic N) is 3. The molecule has 1 heterocycles. The Labute approximate surface area is 202 Å². The zero-order chi connectivity index (χ0) is 24.5. The highest BCUT2D eigenvalue weighted by molar-refractivity contribution is 7.10. The SMILES string of the molecule is C=CCN(CC(=O)N(Cc1ccc(F)cc1)Cc1sccc1C)C(=O)Nc1cccc(C#N)c1. The van der Waals surface area contributed by atoms with Crippen LogP contribution < -0.4 is 5.32 Å². The molecule has 34 heavy (non-hydrogen) atoms. The molecule has 0 spiro atoms. The van der Waals surface area contributed by atoms with E-state index in [0.717, 1.165) is 16.0 Å². The molecule has 0 aliphatic carbocycles. The van der Waals surface area contributed by atoms with E-state index in [-0.39, 0.29) is 31.4 Å². The van der Waals surface area contributed by atoms with Crippen LogP contribution in [-0.4, -0.2) is 34.8 Å². The minimum Gasteiger partial charge on any atom is -0.332 e. The molecule has 0 bridgehead atoms. The topological polar surface area (TPSA) is 76.4 Å². The molecule has 8 heteroatoms. The van der Waals surface area contributed by atoms with Gasteiger partial charge in [0.2, 0.25) is 5.91 Å². The minimum absolute atomic E-state index is 0.165. The molecule has 2 aromatic carbocycles. The third-order valence-corrected chi connectivity index (χ3v) is 6.16. The lowest BCUT2D eigenvalue weighted by Crippen LogP contribution is -2.44. The summed E-state index contributed by atoms with van der Waals surface area (Å²) >= 11 is 1.56. The second kappa shape index (κ2) is 11.8. The van der Waals surface area contributed by atoms with Gasteiger partial charge in [-0.25, -0.2) is 9.18 Å². The van der Waals surface area contributed by atoms with Crippen LogP contribution in [0, 0.1) is 24.1 Å². The average molecular weight is 477 g/mol. The third-order valence-electron chi connectivity index (χ3n) is 5.15. The molecular weight excluding hydrogens is 451 g/mol. The number of thiophene rings is 1. The highest BCUT2D eigenvalue weighted by Crippen LogP contribution is 2.20. The lowest BCUT2D eigenvalue weighted by Gasteiger charge is -2.27. The van der Waals surface area contributed by atoms with E-state index in [1.54, 1.807) is 58.7 Å². The number of nitriles is 1. The standard InChI is InChI=1S/C26H25FN4O2S/c1-3-12-30(26(33)29-23-6-4-5-21(14-23)15-28)18-25(32)31(17-24-19(2)11-13-34-24)16-20-7-9-22(27)10-8-20/h3-11,13-14H,1,12,16-18H2,2H3,(H,29,33). The van der Waals surface area contributed by atoms with Gasteiger partial charge in [0.25, 0.3) is 0 Å². The Morgan fingerprint density at radius 1 is 1.15 bits per heavy atom. The normalized spacial score (nSPS) is 10.3. The summed E-state index contributed by atoms with van der Waals surface area (Å²) in [5, 5.41) is 13.8. The van der Waals surface area contributed by atoms with Gasteiger partial charge in [0.05, 0.1) is 18.2 Å². The van der Waals surface area contributed by atoms with Crippen molar-refractivity contribution in [1.82, 2.24) is 9.80 Å². The molecule has 6 nitrogen and oxygen atoms in total. The first-order chi connectivity index (χ1) is 16.4. The molecule has 1 N–H and O–H groups in total. The van der Waals surface area contributed by atoms with Gasteiger partial charge in [-0.15, -0.1) is 17.9 Å². The smallest absolute Gasteiger partial charge is 0.322 e. The van der Waals surface area contributed by atoms with Gasteiger partial charge in [0.1, 0.15) is 12.4 Å². The molecule has 0 saturated heterocycles. The Balaban J connectivity index is 1.77. The van der Waals surface area contributed by atoms with E-state index < -0.39 is 6.03 Å². The van der Waals surface area contributed by atoms with E-state index in [0.29, 0.717) is 17.8 Å². The van der Waals surface area contributed by atoms with Crippen LogP contribution in [0.5, 0.6) is 0 Å². The van der Waals surface area contributed by atoms with Crippen LogP contribution in [0.15, 0.2) is 72.6 Å². The molecular formula is C26H25FN4O2S. The maximum atomic E-state index is 13.4. The summed E-state index contributed by atoms with van der Waals surface area (Å²) in [4.78, 5) is 30.3. The Morgan fingerprint density at radius 3 is 2.56 bits per heavy atom. The van der Waals surface area contributed by atoms with Gasteiger partial charge in [-0.05, 0) is 59.8 Å². The summed E-state index contributed by atoms with van der Waals surface area (Å²) in [5.74, 6) is -0.593. The molecule has 0 atom stereocenters. The number of benzene rings is 2. The van der Waals surface area contributed by atoms with Crippen molar-refractivity contribution < 1.29 is 14.0 Å². The predicted molar refractivity (Wildman–Crippen MR) is 132 cm³/mol. The number of urea groups is 1. The van der Waals surface area contributed by atoms with Crippen LogP contribution in [0.2, 0.25) is 0 Å². The summed E-state index contributed by atoms with van der Waals surface area (Å²) in [5.41, 5.74) is 2.75. The van der Waals surface area contributed by atoms with Gasteiger partial charge in [-0.2, -0.15) is 5.26 Å². The first-order valence-electron chi connectivity index (χ1n) is 10.6. The molecule has 3 rings (SSSR count). The molecule has 0 saturated carbocycles. The number of halogens is 1. The average Bonchev–Trinajstić information content (AvgIpc) is 3.24. The highest BCUT2D eigenvalue weighted by Gasteiger charge is 2.22. The number of anilines is 1. The van der Waals surface area contributed by atoms with Crippen LogP contribution >= 0.6 is 11.3 Å². The molecule has 3 aromatic rings. The molecule has 0 radical (unpaired) electrons. The molecule has 0 aliphatic heterocycles. The summed E-state index contributed by atoms with van der Waals surface area (Å²) < 4.78 is 13.4. The van der Waals surface area contributed by atoms with Crippen molar-refractivity contribution in [2.45, 2.75) is 20.0 Å². The molecule has 0 unspecified atom stereocenters. The van der Waals surface area contributed by atoms with Crippen molar-refractivity contribution in [2.24, 2.45) is 0 Å². The van der Waals surface area contributed by atoms with Crippen LogP contribution in [0.4, 0.5) is 14.9 Å².